The third-order valence-corrected chi connectivity index (χ3v) is 3.90. The summed E-state index contributed by atoms with van der Waals surface area (Å²) < 4.78 is 0. The standard InChI is InChI=1S/C16H21N3S/c1-4-17-16-9-18-15(8-19-16)11-20-10-14-6-12(2)5-13(3)7-14/h5-9H,4,10-11H2,1-3H3,(H,17,19). The second-order valence-corrected chi connectivity index (χ2v) is 5.90. The average molecular weight is 287 g/mol. The van der Waals surface area contributed by atoms with E-state index in [9.17, 15) is 0 Å². The quantitative estimate of drug-likeness (QED) is 0.872. The van der Waals surface area contributed by atoms with Gasteiger partial charge in [-0.2, -0.15) is 11.8 Å². The minimum atomic E-state index is 0.843. The van der Waals surface area contributed by atoms with E-state index < -0.39 is 0 Å². The summed E-state index contributed by atoms with van der Waals surface area (Å²) in [7, 11) is 0. The van der Waals surface area contributed by atoms with Crippen LogP contribution in [-0.2, 0) is 11.5 Å². The van der Waals surface area contributed by atoms with Crippen molar-refractivity contribution in [1.29, 1.82) is 0 Å². The van der Waals surface area contributed by atoms with Gasteiger partial charge in [-0.1, -0.05) is 29.3 Å². The fourth-order valence-corrected chi connectivity index (χ4v) is 2.99. The summed E-state index contributed by atoms with van der Waals surface area (Å²) in [6.07, 6.45) is 3.66. The van der Waals surface area contributed by atoms with Crippen LogP contribution in [0.5, 0.6) is 0 Å². The maximum absolute atomic E-state index is 4.42. The van der Waals surface area contributed by atoms with E-state index in [1.54, 1.807) is 6.20 Å². The number of anilines is 1. The van der Waals surface area contributed by atoms with E-state index in [2.05, 4.69) is 54.3 Å². The van der Waals surface area contributed by atoms with Gasteiger partial charge in [-0.25, -0.2) is 4.98 Å². The molecule has 106 valence electrons. The van der Waals surface area contributed by atoms with E-state index in [-0.39, 0.29) is 0 Å². The molecular formula is C16H21N3S. The number of hydrogen-bond donors (Lipinski definition) is 1. The Kier molecular flexibility index (Phi) is 5.41. The number of hydrogen-bond acceptors (Lipinski definition) is 4. The Morgan fingerprint density at radius 1 is 1.00 bits per heavy atom. The molecule has 0 bridgehead atoms. The molecule has 1 aromatic carbocycles. The van der Waals surface area contributed by atoms with Gasteiger partial charge < -0.3 is 5.32 Å². The Hall–Kier alpha value is -1.55. The van der Waals surface area contributed by atoms with Crippen molar-refractivity contribution in [2.75, 3.05) is 11.9 Å². The number of nitrogens with one attached hydrogen (secondary N) is 1. The molecule has 3 nitrogen and oxygen atoms in total. The molecule has 0 spiro atoms. The Labute approximate surface area is 125 Å². The summed E-state index contributed by atoms with van der Waals surface area (Å²) in [5.41, 5.74) is 5.07. The Morgan fingerprint density at radius 2 is 1.75 bits per heavy atom. The number of rotatable bonds is 6. The molecule has 4 heteroatoms. The van der Waals surface area contributed by atoms with Gasteiger partial charge >= 0.3 is 0 Å². The third kappa shape index (κ3) is 4.53. The van der Waals surface area contributed by atoms with Crippen LogP contribution in [-0.4, -0.2) is 16.5 Å². The molecule has 0 saturated heterocycles. The summed E-state index contributed by atoms with van der Waals surface area (Å²) in [6, 6.07) is 6.71. The molecule has 0 aliphatic heterocycles. The molecule has 0 unspecified atom stereocenters. The zero-order chi connectivity index (χ0) is 14.4. The first-order valence-corrected chi connectivity index (χ1v) is 8.02. The highest BCUT2D eigenvalue weighted by Gasteiger charge is 2.00. The average Bonchev–Trinajstić information content (AvgIpc) is 2.40. The molecule has 20 heavy (non-hydrogen) atoms. The van der Waals surface area contributed by atoms with Gasteiger partial charge in [-0.3, -0.25) is 4.98 Å². The molecule has 2 rings (SSSR count). The lowest BCUT2D eigenvalue weighted by Gasteiger charge is -2.06. The fraction of sp³-hybridized carbons (Fsp3) is 0.375. The Balaban J connectivity index is 1.86. The highest BCUT2D eigenvalue weighted by Crippen LogP contribution is 2.19. The third-order valence-electron chi connectivity index (χ3n) is 2.86. The minimum absolute atomic E-state index is 0.843. The van der Waals surface area contributed by atoms with E-state index >= 15 is 0 Å². The highest BCUT2D eigenvalue weighted by molar-refractivity contribution is 7.97. The van der Waals surface area contributed by atoms with Crippen molar-refractivity contribution in [2.24, 2.45) is 0 Å². The highest BCUT2D eigenvalue weighted by atomic mass is 32.2. The van der Waals surface area contributed by atoms with Crippen molar-refractivity contribution in [3.8, 4) is 0 Å². The smallest absolute Gasteiger partial charge is 0.144 e. The molecular weight excluding hydrogens is 266 g/mol. The molecule has 0 saturated carbocycles. The molecule has 0 fully saturated rings. The second kappa shape index (κ2) is 7.29. The molecule has 2 aromatic rings. The SMILES string of the molecule is CCNc1cnc(CSCc2cc(C)cc(C)c2)cn1. The summed E-state index contributed by atoms with van der Waals surface area (Å²) in [4.78, 5) is 8.75. The van der Waals surface area contributed by atoms with Crippen LogP contribution in [0.25, 0.3) is 0 Å². The first kappa shape index (κ1) is 14.9. The van der Waals surface area contributed by atoms with Crippen LogP contribution in [0.4, 0.5) is 5.82 Å². The first-order chi connectivity index (χ1) is 9.67. The Morgan fingerprint density at radius 3 is 2.35 bits per heavy atom. The lowest BCUT2D eigenvalue weighted by Crippen LogP contribution is -2.00. The van der Waals surface area contributed by atoms with E-state index in [1.807, 2.05) is 18.0 Å². The first-order valence-electron chi connectivity index (χ1n) is 6.87. The van der Waals surface area contributed by atoms with Gasteiger partial charge in [-0.15, -0.1) is 0 Å². The lowest BCUT2D eigenvalue weighted by atomic mass is 10.1. The van der Waals surface area contributed by atoms with E-state index in [0.29, 0.717) is 0 Å². The summed E-state index contributed by atoms with van der Waals surface area (Å²) in [5.74, 6) is 2.75. The molecule has 0 atom stereocenters. The summed E-state index contributed by atoms with van der Waals surface area (Å²) in [5, 5.41) is 3.15. The largest absolute Gasteiger partial charge is 0.369 e. The van der Waals surface area contributed by atoms with Crippen molar-refractivity contribution in [1.82, 2.24) is 9.97 Å². The molecule has 1 heterocycles. The van der Waals surface area contributed by atoms with Gasteiger partial charge in [0.05, 0.1) is 18.1 Å². The molecule has 1 aromatic heterocycles. The van der Waals surface area contributed by atoms with Crippen molar-refractivity contribution in [3.05, 3.63) is 53.0 Å². The monoisotopic (exact) mass is 287 g/mol. The van der Waals surface area contributed by atoms with E-state index in [0.717, 1.165) is 29.6 Å². The van der Waals surface area contributed by atoms with Gasteiger partial charge in [0.25, 0.3) is 0 Å². The predicted molar refractivity (Wildman–Crippen MR) is 87.1 cm³/mol. The van der Waals surface area contributed by atoms with Crippen molar-refractivity contribution in [3.63, 3.8) is 0 Å². The van der Waals surface area contributed by atoms with Crippen LogP contribution in [0.2, 0.25) is 0 Å². The Bertz CT molecular complexity index is 532. The molecule has 0 aliphatic carbocycles. The molecule has 0 aliphatic rings. The molecule has 0 radical (unpaired) electrons. The normalized spacial score (nSPS) is 10.6. The van der Waals surface area contributed by atoms with E-state index in [1.165, 1.54) is 16.7 Å². The van der Waals surface area contributed by atoms with Crippen LogP contribution in [0.15, 0.2) is 30.6 Å². The fourth-order valence-electron chi connectivity index (χ4n) is 2.13. The number of benzene rings is 1. The van der Waals surface area contributed by atoms with Gasteiger partial charge in [0.2, 0.25) is 0 Å². The summed E-state index contributed by atoms with van der Waals surface area (Å²) in [6.45, 7) is 7.21. The zero-order valence-corrected chi connectivity index (χ0v) is 13.1. The topological polar surface area (TPSA) is 37.8 Å². The van der Waals surface area contributed by atoms with Crippen molar-refractivity contribution >= 4 is 17.6 Å². The van der Waals surface area contributed by atoms with Crippen LogP contribution >= 0.6 is 11.8 Å². The number of nitrogens with zero attached hydrogens (tertiary/aromatic N) is 2. The van der Waals surface area contributed by atoms with E-state index in [4.69, 9.17) is 0 Å². The van der Waals surface area contributed by atoms with Gasteiger partial charge in [0.15, 0.2) is 0 Å². The van der Waals surface area contributed by atoms with Crippen LogP contribution in [0.1, 0.15) is 29.3 Å². The van der Waals surface area contributed by atoms with Gasteiger partial charge in [0.1, 0.15) is 5.82 Å². The number of aromatic nitrogens is 2. The van der Waals surface area contributed by atoms with Crippen LogP contribution < -0.4 is 5.32 Å². The predicted octanol–water partition coefficient (Wildman–Crippen LogP) is 3.96. The van der Waals surface area contributed by atoms with Crippen molar-refractivity contribution < 1.29 is 0 Å². The maximum atomic E-state index is 4.42. The summed E-state index contributed by atoms with van der Waals surface area (Å²) >= 11 is 1.87. The molecule has 1 N–H and O–H groups in total. The number of aryl methyl sites for hydroxylation is 2. The molecule has 0 amide bonds. The maximum Gasteiger partial charge on any atom is 0.144 e. The second-order valence-electron chi connectivity index (χ2n) is 4.91. The van der Waals surface area contributed by atoms with Crippen molar-refractivity contribution in [2.45, 2.75) is 32.3 Å². The van der Waals surface area contributed by atoms with Crippen LogP contribution in [0.3, 0.4) is 0 Å². The van der Waals surface area contributed by atoms with Gasteiger partial charge in [0, 0.05) is 18.1 Å². The minimum Gasteiger partial charge on any atom is -0.369 e. The lowest BCUT2D eigenvalue weighted by molar-refractivity contribution is 1.07. The number of thioether (sulfide) groups is 1. The van der Waals surface area contributed by atoms with Gasteiger partial charge in [-0.05, 0) is 26.3 Å². The zero-order valence-electron chi connectivity index (χ0n) is 12.3. The van der Waals surface area contributed by atoms with Crippen LogP contribution in [0, 0.1) is 13.8 Å².